The van der Waals surface area contributed by atoms with Crippen molar-refractivity contribution in [1.82, 2.24) is 10.3 Å². The Labute approximate surface area is 82.8 Å². The fourth-order valence-corrected chi connectivity index (χ4v) is 1.27. The normalized spacial score (nSPS) is 12.8. The van der Waals surface area contributed by atoms with E-state index in [0.29, 0.717) is 11.7 Å². The molecular weight excluding hydrogens is 188 g/mol. The van der Waals surface area contributed by atoms with Crippen molar-refractivity contribution in [1.29, 1.82) is 0 Å². The first kappa shape index (κ1) is 10.4. The highest BCUT2D eigenvalue weighted by atomic mass is 35.5. The molecule has 2 N–H and O–H groups in total. The monoisotopic (exact) mass is 200 g/mol. The van der Waals surface area contributed by atoms with Crippen molar-refractivity contribution >= 4 is 11.6 Å². The number of nitrogens with one attached hydrogen (secondary N) is 1. The van der Waals surface area contributed by atoms with Crippen LogP contribution in [0.15, 0.2) is 18.3 Å². The lowest BCUT2D eigenvalue weighted by atomic mass is 10.1. The van der Waals surface area contributed by atoms with Crippen LogP contribution in [0.5, 0.6) is 0 Å². The van der Waals surface area contributed by atoms with Crippen LogP contribution in [0, 0.1) is 0 Å². The molecule has 0 saturated carbocycles. The van der Waals surface area contributed by atoms with E-state index >= 15 is 0 Å². The summed E-state index contributed by atoms with van der Waals surface area (Å²) in [5.41, 5.74) is 1.08. The summed E-state index contributed by atoms with van der Waals surface area (Å²) in [5.74, 6) is 0. The van der Waals surface area contributed by atoms with Gasteiger partial charge in [-0.2, -0.15) is 0 Å². The quantitative estimate of drug-likeness (QED) is 0.722. The van der Waals surface area contributed by atoms with Gasteiger partial charge in [-0.1, -0.05) is 11.6 Å². The smallest absolute Gasteiger partial charge is 0.129 e. The summed E-state index contributed by atoms with van der Waals surface area (Å²) < 4.78 is 0. The third-order valence-corrected chi connectivity index (χ3v) is 2.02. The van der Waals surface area contributed by atoms with Crippen molar-refractivity contribution in [2.45, 2.75) is 13.0 Å². The van der Waals surface area contributed by atoms with E-state index < -0.39 is 0 Å². The van der Waals surface area contributed by atoms with Crippen LogP contribution in [0.2, 0.25) is 5.15 Å². The maximum Gasteiger partial charge on any atom is 0.129 e. The van der Waals surface area contributed by atoms with Gasteiger partial charge in [0, 0.05) is 18.8 Å². The molecule has 3 nitrogen and oxygen atoms in total. The van der Waals surface area contributed by atoms with Gasteiger partial charge in [-0.25, -0.2) is 4.98 Å². The van der Waals surface area contributed by atoms with Crippen LogP contribution >= 0.6 is 11.6 Å². The number of nitrogens with zero attached hydrogens (tertiary/aromatic N) is 1. The number of hydrogen-bond donors (Lipinski definition) is 2. The number of aliphatic hydroxyl groups is 1. The fourth-order valence-electron chi connectivity index (χ4n) is 1.09. The molecule has 72 valence electrons. The lowest BCUT2D eigenvalue weighted by Crippen LogP contribution is -2.22. The first-order chi connectivity index (χ1) is 6.24. The summed E-state index contributed by atoms with van der Waals surface area (Å²) in [6, 6.07) is 3.91. The van der Waals surface area contributed by atoms with E-state index in [1.165, 1.54) is 0 Å². The van der Waals surface area contributed by atoms with Crippen molar-refractivity contribution in [2.75, 3.05) is 13.2 Å². The lowest BCUT2D eigenvalue weighted by Gasteiger charge is -2.12. The Balaban J connectivity index is 2.60. The van der Waals surface area contributed by atoms with Crippen molar-refractivity contribution < 1.29 is 5.11 Å². The molecule has 0 aliphatic carbocycles. The van der Waals surface area contributed by atoms with Crippen molar-refractivity contribution in [3.8, 4) is 0 Å². The highest BCUT2D eigenvalue weighted by Crippen LogP contribution is 2.14. The molecule has 1 aromatic rings. The van der Waals surface area contributed by atoms with E-state index in [0.717, 1.165) is 5.56 Å². The van der Waals surface area contributed by atoms with Crippen molar-refractivity contribution in [2.24, 2.45) is 0 Å². The van der Waals surface area contributed by atoms with Gasteiger partial charge >= 0.3 is 0 Å². The van der Waals surface area contributed by atoms with Gasteiger partial charge in [0.1, 0.15) is 5.15 Å². The molecule has 1 aromatic heterocycles. The van der Waals surface area contributed by atoms with Crippen molar-refractivity contribution in [3.63, 3.8) is 0 Å². The lowest BCUT2D eigenvalue weighted by molar-refractivity contribution is 0.286. The zero-order valence-corrected chi connectivity index (χ0v) is 8.25. The van der Waals surface area contributed by atoms with Gasteiger partial charge in [-0.05, 0) is 24.6 Å². The van der Waals surface area contributed by atoms with Gasteiger partial charge in [0.15, 0.2) is 0 Å². The molecule has 0 amide bonds. The average Bonchev–Trinajstić information content (AvgIpc) is 2.14. The van der Waals surface area contributed by atoms with Crippen LogP contribution in [0.25, 0.3) is 0 Å². The fraction of sp³-hybridized carbons (Fsp3) is 0.444. The van der Waals surface area contributed by atoms with Gasteiger partial charge in [0.25, 0.3) is 0 Å². The predicted molar refractivity (Wildman–Crippen MR) is 52.8 cm³/mol. The zero-order valence-electron chi connectivity index (χ0n) is 7.50. The topological polar surface area (TPSA) is 45.1 Å². The molecule has 0 bridgehead atoms. The van der Waals surface area contributed by atoms with Gasteiger partial charge in [0.05, 0.1) is 6.61 Å². The van der Waals surface area contributed by atoms with E-state index in [1.807, 2.05) is 19.1 Å². The molecule has 0 aliphatic rings. The van der Waals surface area contributed by atoms with Crippen LogP contribution in [-0.2, 0) is 0 Å². The summed E-state index contributed by atoms with van der Waals surface area (Å²) in [6.45, 7) is 2.74. The van der Waals surface area contributed by atoms with Gasteiger partial charge in [-0.3, -0.25) is 0 Å². The molecule has 0 radical (unpaired) electrons. The average molecular weight is 201 g/mol. The maximum atomic E-state index is 8.62. The van der Waals surface area contributed by atoms with Crippen LogP contribution in [0.3, 0.4) is 0 Å². The highest BCUT2D eigenvalue weighted by Gasteiger charge is 2.03. The minimum atomic E-state index is 0.142. The Morgan fingerprint density at radius 3 is 3.08 bits per heavy atom. The minimum absolute atomic E-state index is 0.142. The third-order valence-electron chi connectivity index (χ3n) is 1.81. The summed E-state index contributed by atoms with van der Waals surface area (Å²) in [5, 5.41) is 12.3. The first-order valence-corrected chi connectivity index (χ1v) is 4.57. The molecule has 4 heteroatoms. The molecule has 0 saturated heterocycles. The van der Waals surface area contributed by atoms with E-state index in [4.69, 9.17) is 16.7 Å². The third kappa shape index (κ3) is 3.30. The van der Waals surface area contributed by atoms with E-state index in [1.54, 1.807) is 6.20 Å². The minimum Gasteiger partial charge on any atom is -0.395 e. The highest BCUT2D eigenvalue weighted by molar-refractivity contribution is 6.29. The Kier molecular flexibility index (Phi) is 4.15. The Bertz CT molecular complexity index is 268. The largest absolute Gasteiger partial charge is 0.395 e. The number of hydrogen-bond acceptors (Lipinski definition) is 3. The first-order valence-electron chi connectivity index (χ1n) is 4.19. The summed E-state index contributed by atoms with van der Waals surface area (Å²) >= 11 is 5.73. The second-order valence-electron chi connectivity index (χ2n) is 2.81. The van der Waals surface area contributed by atoms with Crippen LogP contribution in [0.1, 0.15) is 18.5 Å². The standard InChI is InChI=1S/C9H13ClN2O/c1-7(11-4-5-13)8-2-3-12-9(10)6-8/h2-3,6-7,11,13H,4-5H2,1H3. The molecule has 0 aromatic carbocycles. The molecule has 0 fully saturated rings. The second-order valence-corrected chi connectivity index (χ2v) is 3.20. The summed E-state index contributed by atoms with van der Waals surface area (Å²) in [6.07, 6.45) is 1.68. The maximum absolute atomic E-state index is 8.62. The molecule has 1 atom stereocenters. The summed E-state index contributed by atoms with van der Waals surface area (Å²) in [7, 11) is 0. The number of aliphatic hydroxyl groups excluding tert-OH is 1. The van der Waals surface area contributed by atoms with Crippen LogP contribution < -0.4 is 5.32 Å². The van der Waals surface area contributed by atoms with Gasteiger partial charge in [0.2, 0.25) is 0 Å². The molecule has 13 heavy (non-hydrogen) atoms. The number of aromatic nitrogens is 1. The molecular formula is C9H13ClN2O. The Morgan fingerprint density at radius 2 is 2.46 bits per heavy atom. The Hall–Kier alpha value is -0.640. The van der Waals surface area contributed by atoms with Gasteiger partial charge < -0.3 is 10.4 Å². The van der Waals surface area contributed by atoms with Gasteiger partial charge in [-0.15, -0.1) is 0 Å². The molecule has 1 rings (SSSR count). The van der Waals surface area contributed by atoms with E-state index in [9.17, 15) is 0 Å². The predicted octanol–water partition coefficient (Wildman–Crippen LogP) is 1.38. The molecule has 0 spiro atoms. The van der Waals surface area contributed by atoms with Crippen LogP contribution in [-0.4, -0.2) is 23.2 Å². The second kappa shape index (κ2) is 5.17. The zero-order chi connectivity index (χ0) is 9.68. The summed E-state index contributed by atoms with van der Waals surface area (Å²) in [4.78, 5) is 3.89. The van der Waals surface area contributed by atoms with Crippen LogP contribution in [0.4, 0.5) is 0 Å². The molecule has 1 heterocycles. The van der Waals surface area contributed by atoms with E-state index in [2.05, 4.69) is 10.3 Å². The molecule has 0 aliphatic heterocycles. The Morgan fingerprint density at radius 1 is 1.69 bits per heavy atom. The number of halogens is 1. The van der Waals surface area contributed by atoms with E-state index in [-0.39, 0.29) is 12.6 Å². The number of rotatable bonds is 4. The molecule has 1 unspecified atom stereocenters. The number of pyridine rings is 1. The SMILES string of the molecule is CC(NCCO)c1ccnc(Cl)c1. The van der Waals surface area contributed by atoms with Crippen molar-refractivity contribution in [3.05, 3.63) is 29.0 Å².